The number of carbonyl (C=O) groups excluding carboxylic acids is 1. The van der Waals surface area contributed by atoms with Crippen molar-refractivity contribution in [2.75, 3.05) is 26.3 Å². The topological polar surface area (TPSA) is 51.7 Å². The Balaban J connectivity index is 1.47. The number of nitrogens with zero attached hydrogens (tertiary/aromatic N) is 2. The van der Waals surface area contributed by atoms with Gasteiger partial charge in [0.15, 0.2) is 0 Å². The Morgan fingerprint density at radius 3 is 2.95 bits per heavy atom. The number of likely N-dealkylation sites (tertiary alicyclic amines) is 1. The number of hydrogen-bond donors (Lipinski definition) is 0. The van der Waals surface area contributed by atoms with Gasteiger partial charge in [0.25, 0.3) is 0 Å². The molecule has 0 aromatic carbocycles. The van der Waals surface area contributed by atoms with Gasteiger partial charge in [0.2, 0.25) is 5.91 Å². The second-order valence-corrected chi connectivity index (χ2v) is 6.27. The summed E-state index contributed by atoms with van der Waals surface area (Å²) in [4.78, 5) is 17.8. The van der Waals surface area contributed by atoms with E-state index in [1.165, 1.54) is 0 Å². The van der Waals surface area contributed by atoms with Crippen LogP contribution in [-0.4, -0.2) is 47.7 Å². The minimum Gasteiger partial charge on any atom is -0.376 e. The molecule has 22 heavy (non-hydrogen) atoms. The van der Waals surface area contributed by atoms with Gasteiger partial charge in [0, 0.05) is 31.3 Å². The molecule has 2 fully saturated rings. The van der Waals surface area contributed by atoms with E-state index < -0.39 is 0 Å². The van der Waals surface area contributed by atoms with Gasteiger partial charge in [-0.1, -0.05) is 6.92 Å². The third-order valence-corrected chi connectivity index (χ3v) is 4.67. The molecule has 2 aliphatic heterocycles. The van der Waals surface area contributed by atoms with E-state index in [0.29, 0.717) is 25.6 Å². The molecule has 0 N–H and O–H groups in total. The molecule has 1 aromatic rings. The molecule has 1 atom stereocenters. The van der Waals surface area contributed by atoms with Crippen LogP contribution in [0, 0.1) is 5.92 Å². The number of hydrogen-bond acceptors (Lipinski definition) is 4. The molecule has 0 saturated carbocycles. The molecule has 2 saturated heterocycles. The van der Waals surface area contributed by atoms with Crippen LogP contribution in [0.5, 0.6) is 0 Å². The van der Waals surface area contributed by atoms with Crippen LogP contribution in [0.3, 0.4) is 0 Å². The van der Waals surface area contributed by atoms with Gasteiger partial charge in [-0.15, -0.1) is 0 Å². The van der Waals surface area contributed by atoms with Crippen LogP contribution in [0.1, 0.15) is 31.7 Å². The Kier molecular flexibility index (Phi) is 4.74. The van der Waals surface area contributed by atoms with Gasteiger partial charge >= 0.3 is 0 Å². The van der Waals surface area contributed by atoms with Crippen molar-refractivity contribution in [3.63, 3.8) is 0 Å². The quantitative estimate of drug-likeness (QED) is 0.807. The molecule has 5 nitrogen and oxygen atoms in total. The van der Waals surface area contributed by atoms with Crippen LogP contribution < -0.4 is 0 Å². The van der Waals surface area contributed by atoms with Crippen molar-refractivity contribution in [2.45, 2.75) is 38.4 Å². The predicted octanol–water partition coefficient (Wildman–Crippen LogP) is 2.02. The van der Waals surface area contributed by atoms with E-state index >= 15 is 0 Å². The molecule has 3 heterocycles. The van der Waals surface area contributed by atoms with Crippen LogP contribution in [0.15, 0.2) is 24.5 Å². The highest BCUT2D eigenvalue weighted by Gasteiger charge is 2.54. The van der Waals surface area contributed by atoms with Crippen molar-refractivity contribution in [3.05, 3.63) is 30.1 Å². The van der Waals surface area contributed by atoms with Crippen molar-refractivity contribution in [3.8, 4) is 0 Å². The Hall–Kier alpha value is -1.46. The average Bonchev–Trinajstić information content (AvgIpc) is 2.91. The summed E-state index contributed by atoms with van der Waals surface area (Å²) in [5.41, 5.74) is 0.984. The summed E-state index contributed by atoms with van der Waals surface area (Å²) in [5, 5.41) is 0. The van der Waals surface area contributed by atoms with Gasteiger partial charge in [0.1, 0.15) is 5.60 Å². The minimum absolute atomic E-state index is 0.151. The highest BCUT2D eigenvalue weighted by atomic mass is 16.5. The van der Waals surface area contributed by atoms with E-state index in [0.717, 1.165) is 38.1 Å². The normalized spacial score (nSPS) is 22.8. The molecule has 120 valence electrons. The van der Waals surface area contributed by atoms with Crippen molar-refractivity contribution in [1.29, 1.82) is 0 Å². The number of carbonyl (C=O) groups is 1. The van der Waals surface area contributed by atoms with Crippen LogP contribution in [0.25, 0.3) is 0 Å². The molecular weight excluding hydrogens is 280 g/mol. The third-order valence-electron chi connectivity index (χ3n) is 4.67. The second kappa shape index (κ2) is 6.75. The van der Waals surface area contributed by atoms with Crippen LogP contribution in [-0.2, 0) is 20.9 Å². The van der Waals surface area contributed by atoms with E-state index in [-0.39, 0.29) is 11.5 Å². The molecule has 0 unspecified atom stereocenters. The van der Waals surface area contributed by atoms with E-state index in [4.69, 9.17) is 9.47 Å². The van der Waals surface area contributed by atoms with Crippen LogP contribution in [0.2, 0.25) is 0 Å². The zero-order chi connectivity index (χ0) is 15.4. The van der Waals surface area contributed by atoms with Gasteiger partial charge < -0.3 is 14.4 Å². The van der Waals surface area contributed by atoms with Crippen molar-refractivity contribution in [2.24, 2.45) is 5.92 Å². The first-order chi connectivity index (χ1) is 10.7. The summed E-state index contributed by atoms with van der Waals surface area (Å²) < 4.78 is 11.8. The first-order valence-corrected chi connectivity index (χ1v) is 8.12. The minimum atomic E-state index is -0.151. The molecule has 3 rings (SSSR count). The molecule has 0 bridgehead atoms. The van der Waals surface area contributed by atoms with Crippen LogP contribution >= 0.6 is 0 Å². The zero-order valence-electron chi connectivity index (χ0n) is 13.2. The lowest BCUT2D eigenvalue weighted by Gasteiger charge is -2.50. The molecule has 0 radical (unpaired) electrons. The second-order valence-electron chi connectivity index (χ2n) is 6.27. The highest BCUT2D eigenvalue weighted by Crippen LogP contribution is 2.40. The maximum absolute atomic E-state index is 11.9. The highest BCUT2D eigenvalue weighted by molar-refractivity contribution is 5.77. The average molecular weight is 304 g/mol. The Bertz CT molecular complexity index is 500. The SMILES string of the molecule is CCCC(=O)N1CC2(C1)OCC[C@@H]2COCc1ccncc1. The molecular formula is C17H24N2O3. The van der Waals surface area contributed by atoms with E-state index in [9.17, 15) is 4.79 Å². The van der Waals surface area contributed by atoms with Gasteiger partial charge in [-0.25, -0.2) is 0 Å². The number of pyridine rings is 1. The number of amides is 1. The van der Waals surface area contributed by atoms with E-state index in [2.05, 4.69) is 4.98 Å². The van der Waals surface area contributed by atoms with Crippen molar-refractivity contribution < 1.29 is 14.3 Å². The van der Waals surface area contributed by atoms with Crippen LogP contribution in [0.4, 0.5) is 0 Å². The standard InChI is InChI=1S/C17H24N2O3/c1-2-3-16(20)19-12-17(13-19)15(6-9-22-17)11-21-10-14-4-7-18-8-5-14/h4-5,7-8,15H,2-3,6,9-13H2,1H3/t15-/m1/s1. The first kappa shape index (κ1) is 15.4. The fraction of sp³-hybridized carbons (Fsp3) is 0.647. The lowest BCUT2D eigenvalue weighted by atomic mass is 9.81. The largest absolute Gasteiger partial charge is 0.376 e. The Morgan fingerprint density at radius 2 is 2.23 bits per heavy atom. The van der Waals surface area contributed by atoms with E-state index in [1.807, 2.05) is 24.0 Å². The Morgan fingerprint density at radius 1 is 1.45 bits per heavy atom. The summed E-state index contributed by atoms with van der Waals surface area (Å²) in [6.07, 6.45) is 6.12. The number of ether oxygens (including phenoxy) is 2. The summed E-state index contributed by atoms with van der Waals surface area (Å²) >= 11 is 0. The molecule has 2 aliphatic rings. The van der Waals surface area contributed by atoms with Crippen molar-refractivity contribution in [1.82, 2.24) is 9.88 Å². The molecule has 5 heteroatoms. The number of aromatic nitrogens is 1. The maximum atomic E-state index is 11.9. The lowest BCUT2D eigenvalue weighted by molar-refractivity contribution is -0.169. The van der Waals surface area contributed by atoms with Gasteiger partial charge in [0.05, 0.1) is 26.3 Å². The predicted molar refractivity (Wildman–Crippen MR) is 82.2 cm³/mol. The smallest absolute Gasteiger partial charge is 0.222 e. The summed E-state index contributed by atoms with van der Waals surface area (Å²) in [7, 11) is 0. The fourth-order valence-electron chi connectivity index (χ4n) is 3.32. The van der Waals surface area contributed by atoms with E-state index in [1.54, 1.807) is 12.4 Å². The molecule has 1 amide bonds. The fourth-order valence-corrected chi connectivity index (χ4v) is 3.32. The zero-order valence-corrected chi connectivity index (χ0v) is 13.2. The van der Waals surface area contributed by atoms with Crippen molar-refractivity contribution >= 4 is 5.91 Å². The molecule has 1 spiro atoms. The summed E-state index contributed by atoms with van der Waals surface area (Å²) in [6, 6.07) is 3.94. The molecule has 0 aliphatic carbocycles. The third kappa shape index (κ3) is 3.15. The monoisotopic (exact) mass is 304 g/mol. The molecule has 1 aromatic heterocycles. The first-order valence-electron chi connectivity index (χ1n) is 8.12. The van der Waals surface area contributed by atoms with Gasteiger partial charge in [-0.2, -0.15) is 0 Å². The lowest BCUT2D eigenvalue weighted by Crippen LogP contribution is -2.66. The summed E-state index contributed by atoms with van der Waals surface area (Å²) in [5.74, 6) is 0.639. The maximum Gasteiger partial charge on any atom is 0.222 e. The Labute approximate surface area is 131 Å². The van der Waals surface area contributed by atoms with Gasteiger partial charge in [-0.05, 0) is 30.5 Å². The van der Waals surface area contributed by atoms with Gasteiger partial charge in [-0.3, -0.25) is 9.78 Å². The summed E-state index contributed by atoms with van der Waals surface area (Å²) in [6.45, 7) is 5.57. The number of rotatable bonds is 6.